The maximum atomic E-state index is 12.5. The van der Waals surface area contributed by atoms with Crippen LogP contribution in [0.5, 0.6) is 0 Å². The van der Waals surface area contributed by atoms with Crippen LogP contribution in [0.3, 0.4) is 0 Å². The highest BCUT2D eigenvalue weighted by Crippen LogP contribution is 2.23. The smallest absolute Gasteiger partial charge is 0.340 e. The number of amides is 1. The van der Waals surface area contributed by atoms with Crippen LogP contribution in [-0.2, 0) is 16.1 Å². The molecule has 26 heavy (non-hydrogen) atoms. The van der Waals surface area contributed by atoms with Crippen molar-refractivity contribution in [3.05, 3.63) is 41.1 Å². The zero-order valence-electron chi connectivity index (χ0n) is 16.0. The van der Waals surface area contributed by atoms with Gasteiger partial charge in [0.1, 0.15) is 12.2 Å². The van der Waals surface area contributed by atoms with Crippen molar-refractivity contribution in [1.82, 2.24) is 10.3 Å². The summed E-state index contributed by atoms with van der Waals surface area (Å²) in [5.74, 6) is -0.360. The Hall–Kier alpha value is -2.47. The van der Waals surface area contributed by atoms with Gasteiger partial charge >= 0.3 is 5.97 Å². The van der Waals surface area contributed by atoms with Crippen LogP contribution >= 0.6 is 0 Å². The van der Waals surface area contributed by atoms with Crippen LogP contribution in [0.1, 0.15) is 41.9 Å². The van der Waals surface area contributed by atoms with Gasteiger partial charge in [0.25, 0.3) is 5.91 Å². The topological polar surface area (TPSA) is 72.7 Å². The average molecular weight is 358 g/mol. The van der Waals surface area contributed by atoms with E-state index in [9.17, 15) is 9.59 Å². The number of para-hydroxylation sites is 1. The zero-order valence-corrected chi connectivity index (χ0v) is 16.0. The van der Waals surface area contributed by atoms with E-state index in [1.54, 1.807) is 6.92 Å². The molecule has 0 saturated heterocycles. The number of benzene rings is 1. The van der Waals surface area contributed by atoms with Gasteiger partial charge in [0.2, 0.25) is 0 Å². The van der Waals surface area contributed by atoms with E-state index in [0.717, 1.165) is 27.8 Å². The number of nitrogens with one attached hydrogen (secondary N) is 2. The Balaban J connectivity index is 2.33. The molecule has 6 nitrogen and oxygen atoms in total. The van der Waals surface area contributed by atoms with Gasteiger partial charge < -0.3 is 15.0 Å². The van der Waals surface area contributed by atoms with Crippen molar-refractivity contribution >= 4 is 22.8 Å². The molecule has 2 aromatic rings. The van der Waals surface area contributed by atoms with Gasteiger partial charge in [-0.15, -0.1) is 0 Å². The van der Waals surface area contributed by atoms with E-state index in [4.69, 9.17) is 9.72 Å². The first-order valence-electron chi connectivity index (χ1n) is 9.11. The quantitative estimate of drug-likeness (QED) is 0.697. The van der Waals surface area contributed by atoms with Crippen LogP contribution in [0.4, 0.5) is 0 Å². The van der Waals surface area contributed by atoms with Gasteiger partial charge in [0, 0.05) is 11.9 Å². The van der Waals surface area contributed by atoms with Crippen LogP contribution in [0, 0.1) is 6.92 Å². The number of hydrogen-bond donors (Lipinski definition) is 2. The number of ether oxygens (including phenoxy) is 1. The molecule has 2 rings (SSSR count). The average Bonchev–Trinajstić information content (AvgIpc) is 2.60. The Bertz CT molecular complexity index is 789. The Morgan fingerprint density at radius 1 is 1.23 bits per heavy atom. The molecule has 6 heteroatoms. The summed E-state index contributed by atoms with van der Waals surface area (Å²) < 4.78 is 5.25. The minimum Gasteiger partial charge on any atom is -0.462 e. The number of pyridine rings is 1. The Labute approximate surface area is 154 Å². The first kappa shape index (κ1) is 19.8. The molecular weight excluding hydrogens is 330 g/mol. The van der Waals surface area contributed by atoms with Gasteiger partial charge in [-0.1, -0.05) is 25.1 Å². The third-order valence-electron chi connectivity index (χ3n) is 4.21. The lowest BCUT2D eigenvalue weighted by molar-refractivity contribution is -0.885. The summed E-state index contributed by atoms with van der Waals surface area (Å²) in [4.78, 5) is 30.1. The van der Waals surface area contributed by atoms with Crippen molar-refractivity contribution in [3.63, 3.8) is 0 Å². The molecule has 1 amide bonds. The molecule has 0 aliphatic heterocycles. The molecule has 140 valence electrons. The van der Waals surface area contributed by atoms with E-state index in [2.05, 4.69) is 5.32 Å². The van der Waals surface area contributed by atoms with Crippen molar-refractivity contribution in [1.29, 1.82) is 0 Å². The molecule has 0 radical (unpaired) electrons. The highest BCUT2D eigenvalue weighted by molar-refractivity contribution is 5.98. The normalized spacial score (nSPS) is 12.0. The second-order valence-corrected chi connectivity index (χ2v) is 6.46. The number of carbonyl (C=O) groups excluding carboxylic acids is 2. The lowest BCUT2D eigenvalue weighted by Gasteiger charge is -2.17. The molecule has 0 saturated carbocycles. The minimum absolute atomic E-state index is 0.000421. The van der Waals surface area contributed by atoms with Crippen LogP contribution in [0.2, 0.25) is 0 Å². The first-order valence-corrected chi connectivity index (χ1v) is 9.11. The van der Waals surface area contributed by atoms with Gasteiger partial charge in [-0.05, 0) is 31.9 Å². The number of nitrogens with zero attached hydrogens (tertiary/aromatic N) is 1. The largest absolute Gasteiger partial charge is 0.462 e. The molecule has 1 aromatic heterocycles. The standard InChI is InChI=1S/C20H27N3O3/c1-5-11-21-18(24)13-23(4)12-17-19(20(25)26-6-2)14(3)15-9-7-8-10-16(15)22-17/h7-10H,5-6,11-13H2,1-4H3,(H,21,24)/p+1. The molecule has 0 bridgehead atoms. The number of quaternary nitrogens is 1. The summed E-state index contributed by atoms with van der Waals surface area (Å²) in [5.41, 5.74) is 2.89. The van der Waals surface area contributed by atoms with Crippen LogP contribution in [0.15, 0.2) is 24.3 Å². The third kappa shape index (κ3) is 4.79. The number of hydrogen-bond acceptors (Lipinski definition) is 4. The summed E-state index contributed by atoms with van der Waals surface area (Å²) >= 11 is 0. The Kier molecular flexibility index (Phi) is 7.09. The predicted octanol–water partition coefficient (Wildman–Crippen LogP) is 1.26. The lowest BCUT2D eigenvalue weighted by Crippen LogP contribution is -3.09. The number of likely N-dealkylation sites (N-methyl/N-ethyl adjacent to an activating group) is 1. The van der Waals surface area contributed by atoms with Crippen molar-refractivity contribution < 1.29 is 19.2 Å². The van der Waals surface area contributed by atoms with Crippen LogP contribution in [-0.4, -0.2) is 43.6 Å². The van der Waals surface area contributed by atoms with E-state index in [-0.39, 0.29) is 11.9 Å². The van der Waals surface area contributed by atoms with Crippen LogP contribution in [0.25, 0.3) is 10.9 Å². The SMILES string of the molecule is CCCNC(=O)C[NH+](C)Cc1nc2ccccc2c(C)c1C(=O)OCC. The number of aryl methyl sites for hydroxylation is 1. The highest BCUT2D eigenvalue weighted by Gasteiger charge is 2.22. The van der Waals surface area contributed by atoms with E-state index in [1.807, 2.05) is 45.2 Å². The molecule has 1 atom stereocenters. The molecule has 0 aliphatic carbocycles. The van der Waals surface area contributed by atoms with Crippen molar-refractivity contribution in [2.45, 2.75) is 33.7 Å². The first-order chi connectivity index (χ1) is 12.5. The van der Waals surface area contributed by atoms with E-state index >= 15 is 0 Å². The number of rotatable bonds is 8. The summed E-state index contributed by atoms with van der Waals surface area (Å²) in [5, 5.41) is 3.82. The zero-order chi connectivity index (χ0) is 19.1. The molecule has 0 aliphatic rings. The number of carbonyl (C=O) groups is 2. The lowest BCUT2D eigenvalue weighted by atomic mass is 10.0. The molecule has 1 unspecified atom stereocenters. The fourth-order valence-electron chi connectivity index (χ4n) is 2.99. The van der Waals surface area contributed by atoms with Crippen molar-refractivity contribution in [2.24, 2.45) is 0 Å². The third-order valence-corrected chi connectivity index (χ3v) is 4.21. The predicted molar refractivity (Wildman–Crippen MR) is 101 cm³/mol. The summed E-state index contributed by atoms with van der Waals surface area (Å²) in [7, 11) is 1.92. The van der Waals surface area contributed by atoms with Gasteiger partial charge in [0.15, 0.2) is 6.54 Å². The van der Waals surface area contributed by atoms with Crippen molar-refractivity contribution in [3.8, 4) is 0 Å². The summed E-state index contributed by atoms with van der Waals surface area (Å²) in [6.07, 6.45) is 0.906. The fourth-order valence-corrected chi connectivity index (χ4v) is 2.99. The van der Waals surface area contributed by atoms with Gasteiger partial charge in [-0.25, -0.2) is 9.78 Å². The van der Waals surface area contributed by atoms with Gasteiger partial charge in [-0.3, -0.25) is 4.79 Å². The van der Waals surface area contributed by atoms with Crippen molar-refractivity contribution in [2.75, 3.05) is 26.7 Å². The van der Waals surface area contributed by atoms with E-state index < -0.39 is 0 Å². The van der Waals surface area contributed by atoms with E-state index in [1.165, 1.54) is 0 Å². The molecule has 1 heterocycles. The summed E-state index contributed by atoms with van der Waals surface area (Å²) in [6.45, 7) is 7.51. The number of fused-ring (bicyclic) bond motifs is 1. The fraction of sp³-hybridized carbons (Fsp3) is 0.450. The second-order valence-electron chi connectivity index (χ2n) is 6.46. The molecule has 2 N–H and O–H groups in total. The summed E-state index contributed by atoms with van der Waals surface area (Å²) in [6, 6.07) is 7.75. The maximum Gasteiger partial charge on any atom is 0.340 e. The maximum absolute atomic E-state index is 12.5. The molecule has 1 aromatic carbocycles. The Morgan fingerprint density at radius 2 is 1.96 bits per heavy atom. The van der Waals surface area contributed by atoms with Crippen LogP contribution < -0.4 is 10.2 Å². The van der Waals surface area contributed by atoms with E-state index in [0.29, 0.717) is 37.5 Å². The van der Waals surface area contributed by atoms with Gasteiger partial charge in [0.05, 0.1) is 24.7 Å². The Morgan fingerprint density at radius 3 is 2.65 bits per heavy atom. The number of esters is 1. The molecule has 0 fully saturated rings. The molecular formula is C20H28N3O3+. The monoisotopic (exact) mass is 358 g/mol. The molecule has 0 spiro atoms. The number of aromatic nitrogens is 1. The minimum atomic E-state index is -0.360. The highest BCUT2D eigenvalue weighted by atomic mass is 16.5. The van der Waals surface area contributed by atoms with Gasteiger partial charge in [-0.2, -0.15) is 0 Å². The second kappa shape index (κ2) is 9.29.